The van der Waals surface area contributed by atoms with Gasteiger partial charge in [-0.1, -0.05) is 31.2 Å². The zero-order valence-corrected chi connectivity index (χ0v) is 32.6. The summed E-state index contributed by atoms with van der Waals surface area (Å²) in [5.74, 6) is -5.21. The molecule has 2 atom stereocenters. The Morgan fingerprint density at radius 3 is 2.49 bits per heavy atom. The molecule has 2 aliphatic heterocycles. The van der Waals surface area contributed by atoms with Crippen LogP contribution in [0.3, 0.4) is 0 Å². The maximum Gasteiger partial charge on any atom is 0.262 e. The maximum absolute atomic E-state index is 15.4. The molecule has 5 N–H and O–H groups in total. The summed E-state index contributed by atoms with van der Waals surface area (Å²) in [4.78, 5) is 84.1. The first-order valence-electron chi connectivity index (χ1n) is 19.0. The number of benzene rings is 3. The Bertz CT molecular complexity index is 2540. The lowest BCUT2D eigenvalue weighted by molar-refractivity contribution is -0.136. The van der Waals surface area contributed by atoms with E-state index in [-0.39, 0.29) is 53.3 Å². The molecule has 2 unspecified atom stereocenters. The molecule has 0 spiro atoms. The second-order valence-electron chi connectivity index (χ2n) is 14.2. The average molecular weight is 824 g/mol. The fourth-order valence-corrected chi connectivity index (χ4v) is 7.89. The third-order valence-electron chi connectivity index (χ3n) is 10.1. The summed E-state index contributed by atoms with van der Waals surface area (Å²) in [6.45, 7) is 2.61. The molecule has 4 heterocycles. The van der Waals surface area contributed by atoms with E-state index in [2.05, 4.69) is 30.6 Å². The Morgan fingerprint density at radius 2 is 1.73 bits per heavy atom. The minimum absolute atomic E-state index is 0.0200. The van der Waals surface area contributed by atoms with E-state index in [1.807, 2.05) is 31.2 Å². The average Bonchev–Trinajstić information content (AvgIpc) is 3.75. The Morgan fingerprint density at radius 1 is 0.949 bits per heavy atom. The Labute approximate surface area is 339 Å². The maximum atomic E-state index is 15.4. The number of fused-ring (bicyclic) bond motifs is 2. The van der Waals surface area contributed by atoms with Crippen LogP contribution >= 0.6 is 0 Å². The number of amides is 5. The van der Waals surface area contributed by atoms with Crippen LogP contribution in [0, 0.1) is 11.6 Å². The van der Waals surface area contributed by atoms with Crippen LogP contribution in [0.2, 0.25) is 0 Å². The topological polar surface area (TPSA) is 200 Å². The van der Waals surface area contributed by atoms with E-state index < -0.39 is 63.6 Å². The van der Waals surface area contributed by atoms with Gasteiger partial charge in [0.05, 0.1) is 22.4 Å². The molecule has 304 valence electrons. The quantitative estimate of drug-likeness (QED) is 0.0483. The predicted octanol–water partition coefficient (Wildman–Crippen LogP) is 5.52. The number of piperidine rings is 1. The number of unbranched alkanes of at least 4 members (excludes halogenated alkanes) is 1. The molecule has 2 aromatic heterocycles. The number of pyridine rings is 1. The van der Waals surface area contributed by atoms with Crippen molar-refractivity contribution < 1.29 is 41.8 Å². The van der Waals surface area contributed by atoms with Crippen molar-refractivity contribution in [2.75, 3.05) is 22.3 Å². The first-order chi connectivity index (χ1) is 28.4. The van der Waals surface area contributed by atoms with Crippen LogP contribution in [0.1, 0.15) is 87.6 Å². The van der Waals surface area contributed by atoms with Crippen LogP contribution in [0.5, 0.6) is 0 Å². The predicted molar refractivity (Wildman–Crippen MR) is 216 cm³/mol. The molecule has 5 amide bonds. The smallest absolute Gasteiger partial charge is 0.262 e. The summed E-state index contributed by atoms with van der Waals surface area (Å²) in [7, 11) is -1.60. The summed E-state index contributed by atoms with van der Waals surface area (Å²) >= 11 is 0. The number of nitrogens with zero attached hydrogens (tertiary/aromatic N) is 2. The first kappa shape index (κ1) is 40.6. The fraction of sp³-hybridized carbons (Fsp3) is 0.262. The van der Waals surface area contributed by atoms with Crippen molar-refractivity contribution in [2.24, 2.45) is 0 Å². The van der Waals surface area contributed by atoms with Crippen LogP contribution in [0.25, 0.3) is 22.2 Å². The zero-order chi connectivity index (χ0) is 41.8. The van der Waals surface area contributed by atoms with Crippen molar-refractivity contribution in [1.29, 1.82) is 0 Å². The molecule has 3 aromatic carbocycles. The van der Waals surface area contributed by atoms with Crippen LogP contribution < -0.4 is 20.7 Å². The number of aromatic amines is 1. The lowest BCUT2D eigenvalue weighted by Gasteiger charge is -2.27. The van der Waals surface area contributed by atoms with Gasteiger partial charge in [-0.3, -0.25) is 39.0 Å². The summed E-state index contributed by atoms with van der Waals surface area (Å²) in [6, 6.07) is 14.9. The van der Waals surface area contributed by atoms with Gasteiger partial charge in [-0.15, -0.1) is 0 Å². The Hall–Kier alpha value is -6.62. The van der Waals surface area contributed by atoms with Crippen LogP contribution in [0.4, 0.5) is 20.2 Å². The number of nitrogens with one attached hydrogen (secondary N) is 5. The highest BCUT2D eigenvalue weighted by Gasteiger charge is 2.44. The van der Waals surface area contributed by atoms with Crippen LogP contribution in [-0.4, -0.2) is 72.7 Å². The van der Waals surface area contributed by atoms with Gasteiger partial charge < -0.3 is 20.3 Å². The van der Waals surface area contributed by atoms with Gasteiger partial charge >= 0.3 is 0 Å². The van der Waals surface area contributed by atoms with Gasteiger partial charge in [-0.2, -0.15) is 0 Å². The molecule has 0 bridgehead atoms. The minimum Gasteiger partial charge on any atom is -0.385 e. The number of carbonyl (C=O) groups excluding carboxylic acids is 6. The van der Waals surface area contributed by atoms with Gasteiger partial charge in [0.15, 0.2) is 5.82 Å². The molecule has 14 nitrogen and oxygen atoms in total. The highest BCUT2D eigenvalue weighted by atomic mass is 32.2. The third kappa shape index (κ3) is 8.65. The highest BCUT2D eigenvalue weighted by Crippen LogP contribution is 2.31. The second-order valence-corrected chi connectivity index (χ2v) is 15.5. The van der Waals surface area contributed by atoms with Crippen molar-refractivity contribution in [1.82, 2.24) is 25.5 Å². The molecular weight excluding hydrogens is 785 g/mol. The minimum atomic E-state index is -1.60. The number of halogens is 2. The van der Waals surface area contributed by atoms with Crippen LogP contribution in [0.15, 0.2) is 73.1 Å². The number of ketones is 1. The van der Waals surface area contributed by atoms with Gasteiger partial charge in [0, 0.05) is 66.3 Å². The van der Waals surface area contributed by atoms with Crippen molar-refractivity contribution in [3.8, 4) is 11.1 Å². The number of hydrogen-bond donors (Lipinski definition) is 5. The molecule has 0 aliphatic carbocycles. The van der Waals surface area contributed by atoms with E-state index in [0.717, 1.165) is 28.2 Å². The summed E-state index contributed by atoms with van der Waals surface area (Å²) in [5, 5.41) is 8.66. The molecule has 59 heavy (non-hydrogen) atoms. The molecule has 7 rings (SSSR count). The van der Waals surface area contributed by atoms with E-state index in [4.69, 9.17) is 0 Å². The summed E-state index contributed by atoms with van der Waals surface area (Å²) in [6.07, 6.45) is 5.18. The second kappa shape index (κ2) is 17.5. The van der Waals surface area contributed by atoms with Crippen LogP contribution in [-0.2, 0) is 31.9 Å². The van der Waals surface area contributed by atoms with Gasteiger partial charge in [-0.25, -0.2) is 18.0 Å². The molecule has 1 fully saturated rings. The van der Waals surface area contributed by atoms with Gasteiger partial charge in [0.2, 0.25) is 23.5 Å². The number of imide groups is 2. The molecule has 17 heteroatoms. The van der Waals surface area contributed by atoms with E-state index >= 15 is 4.39 Å². The lowest BCUT2D eigenvalue weighted by atomic mass is 9.99. The molecular formula is C42H39F2N7O7S. The molecule has 0 radical (unpaired) electrons. The lowest BCUT2D eigenvalue weighted by Crippen LogP contribution is -2.54. The fourth-order valence-electron chi connectivity index (χ4n) is 7.01. The standard InChI is InChI=1S/C42H39F2N7O7S/c1-2-17-59(58)50-32-13-12-31(43)36(37(32)44)38(54)30-22-48-39-28(30)18-25(21-47-39)24-8-6-23(7-9-24)20-46-34(52)5-3-4-16-45-26-10-11-27-29(19-26)42(57)51(41(27)56)33-14-15-35(53)49-40(33)55/h6-13,18-19,21-22,33,45,50H,2-5,14-17,20H2,1H3,(H,46,52)(H,47,48)(H,49,53,55). The van der Waals surface area contributed by atoms with E-state index in [0.29, 0.717) is 54.6 Å². The SMILES string of the molecule is CCCS(=O)Nc1ccc(F)c(C(=O)c2c[nH]c3ncc(-c4ccc(CNC(=O)CCCCNc5ccc6c(c5)C(=O)N(C5CCC(=O)NC5=O)C6=O)cc4)cc23)c1F. The summed E-state index contributed by atoms with van der Waals surface area (Å²) < 4.78 is 44.9. The molecule has 0 saturated carbocycles. The van der Waals surface area contributed by atoms with Crippen molar-refractivity contribution in [3.05, 3.63) is 113 Å². The first-order valence-corrected chi connectivity index (χ1v) is 20.4. The highest BCUT2D eigenvalue weighted by molar-refractivity contribution is 7.86. The van der Waals surface area contributed by atoms with Crippen molar-refractivity contribution in [3.63, 3.8) is 0 Å². The number of hydrogen-bond acceptors (Lipinski definition) is 9. The number of H-pyrrole nitrogens is 1. The van der Waals surface area contributed by atoms with E-state index in [1.54, 1.807) is 24.4 Å². The molecule has 5 aromatic rings. The largest absolute Gasteiger partial charge is 0.385 e. The number of carbonyl (C=O) groups is 6. The van der Waals surface area contributed by atoms with Gasteiger partial charge in [0.25, 0.3) is 11.8 Å². The molecule has 1 saturated heterocycles. The molecule has 2 aliphatic rings. The Kier molecular flexibility index (Phi) is 12.0. The number of rotatable bonds is 16. The normalized spacial score (nSPS) is 15.6. The summed E-state index contributed by atoms with van der Waals surface area (Å²) in [5.41, 5.74) is 2.61. The van der Waals surface area contributed by atoms with Crippen molar-refractivity contribution in [2.45, 2.75) is 58.0 Å². The van der Waals surface area contributed by atoms with Crippen molar-refractivity contribution >= 4 is 68.7 Å². The third-order valence-corrected chi connectivity index (χ3v) is 11.3. The zero-order valence-electron chi connectivity index (χ0n) is 31.8. The monoisotopic (exact) mass is 823 g/mol. The van der Waals surface area contributed by atoms with E-state index in [1.165, 1.54) is 12.3 Å². The van der Waals surface area contributed by atoms with E-state index in [9.17, 15) is 37.4 Å². The van der Waals surface area contributed by atoms with Gasteiger partial charge in [0.1, 0.15) is 28.5 Å². The number of aromatic nitrogens is 2. The number of anilines is 2. The Balaban J connectivity index is 0.891. The van der Waals surface area contributed by atoms with Gasteiger partial charge in [-0.05, 0) is 73.2 Å².